The maximum atomic E-state index is 12.0. The molecule has 0 aromatic heterocycles. The molecule has 1 amide bonds. The van der Waals surface area contributed by atoms with Gasteiger partial charge in [-0.15, -0.1) is 0 Å². The van der Waals surface area contributed by atoms with Crippen LogP contribution in [0.3, 0.4) is 0 Å². The lowest BCUT2D eigenvalue weighted by atomic mass is 10.2. The van der Waals surface area contributed by atoms with Crippen molar-refractivity contribution in [1.29, 1.82) is 0 Å². The van der Waals surface area contributed by atoms with Gasteiger partial charge in [0.15, 0.2) is 6.61 Å². The molecule has 0 N–H and O–H groups in total. The van der Waals surface area contributed by atoms with E-state index in [4.69, 9.17) is 16.3 Å². The standard InChI is InChI=1S/C14H18ClNO2/c1-3-16(11-5-6-11)14(17)9-18-13-8-10(2)4-7-12(13)15/h4,7-8,11H,3,5-6,9H2,1-2H3. The van der Waals surface area contributed by atoms with Crippen LogP contribution in [-0.4, -0.2) is 30.0 Å². The Morgan fingerprint density at radius 2 is 2.22 bits per heavy atom. The van der Waals surface area contributed by atoms with Gasteiger partial charge in [0.05, 0.1) is 5.02 Å². The van der Waals surface area contributed by atoms with Gasteiger partial charge in [0, 0.05) is 12.6 Å². The molecule has 0 atom stereocenters. The third kappa shape index (κ3) is 3.16. The fraction of sp³-hybridized carbons (Fsp3) is 0.500. The van der Waals surface area contributed by atoms with E-state index in [1.165, 1.54) is 0 Å². The van der Waals surface area contributed by atoms with E-state index in [0.717, 1.165) is 24.9 Å². The maximum absolute atomic E-state index is 12.0. The van der Waals surface area contributed by atoms with E-state index in [0.29, 0.717) is 16.8 Å². The second-order valence-electron chi connectivity index (χ2n) is 4.63. The second kappa shape index (κ2) is 5.61. The highest BCUT2D eigenvalue weighted by molar-refractivity contribution is 6.32. The minimum absolute atomic E-state index is 0.0394. The highest BCUT2D eigenvalue weighted by Crippen LogP contribution is 2.28. The molecule has 1 fully saturated rings. The fourth-order valence-corrected chi connectivity index (χ4v) is 2.14. The van der Waals surface area contributed by atoms with Crippen LogP contribution < -0.4 is 4.74 Å². The van der Waals surface area contributed by atoms with Gasteiger partial charge in [-0.05, 0) is 44.4 Å². The van der Waals surface area contributed by atoms with Gasteiger partial charge in [0.2, 0.25) is 0 Å². The van der Waals surface area contributed by atoms with Gasteiger partial charge in [0.1, 0.15) is 5.75 Å². The van der Waals surface area contributed by atoms with Crippen LogP contribution in [-0.2, 0) is 4.79 Å². The molecule has 1 saturated carbocycles. The summed E-state index contributed by atoms with van der Waals surface area (Å²) in [5.41, 5.74) is 1.07. The van der Waals surface area contributed by atoms with Crippen molar-refractivity contribution in [3.8, 4) is 5.75 Å². The van der Waals surface area contributed by atoms with Gasteiger partial charge in [-0.1, -0.05) is 17.7 Å². The number of aryl methyl sites for hydroxylation is 1. The van der Waals surface area contributed by atoms with Crippen molar-refractivity contribution in [2.45, 2.75) is 32.7 Å². The number of benzene rings is 1. The first-order valence-electron chi connectivity index (χ1n) is 6.30. The summed E-state index contributed by atoms with van der Waals surface area (Å²) in [6.07, 6.45) is 2.23. The molecule has 1 aliphatic rings. The number of ether oxygens (including phenoxy) is 1. The predicted octanol–water partition coefficient (Wildman–Crippen LogP) is 3.04. The van der Waals surface area contributed by atoms with Gasteiger partial charge in [-0.25, -0.2) is 0 Å². The molecule has 1 aromatic rings. The zero-order valence-corrected chi connectivity index (χ0v) is 11.5. The number of hydrogen-bond acceptors (Lipinski definition) is 2. The quantitative estimate of drug-likeness (QED) is 0.821. The van der Waals surface area contributed by atoms with Crippen LogP contribution in [0.25, 0.3) is 0 Å². The van der Waals surface area contributed by atoms with E-state index in [9.17, 15) is 4.79 Å². The van der Waals surface area contributed by atoms with Crippen molar-refractivity contribution >= 4 is 17.5 Å². The summed E-state index contributed by atoms with van der Waals surface area (Å²) in [4.78, 5) is 13.9. The average molecular weight is 268 g/mol. The SMILES string of the molecule is CCN(C(=O)COc1cc(C)ccc1Cl)C1CC1. The number of likely N-dealkylation sites (N-methyl/N-ethyl adjacent to an activating group) is 1. The number of halogens is 1. The minimum atomic E-state index is 0.0394. The number of rotatable bonds is 5. The molecule has 3 nitrogen and oxygen atoms in total. The van der Waals surface area contributed by atoms with Gasteiger partial charge in [-0.3, -0.25) is 4.79 Å². The molecule has 1 aliphatic carbocycles. The first-order valence-corrected chi connectivity index (χ1v) is 6.68. The van der Waals surface area contributed by atoms with Crippen molar-refractivity contribution < 1.29 is 9.53 Å². The Hall–Kier alpha value is -1.22. The van der Waals surface area contributed by atoms with E-state index < -0.39 is 0 Å². The zero-order valence-electron chi connectivity index (χ0n) is 10.8. The number of carbonyl (C=O) groups excluding carboxylic acids is 1. The van der Waals surface area contributed by atoms with E-state index in [-0.39, 0.29) is 12.5 Å². The Morgan fingerprint density at radius 3 is 2.83 bits per heavy atom. The molecule has 18 heavy (non-hydrogen) atoms. The molecule has 0 spiro atoms. The highest BCUT2D eigenvalue weighted by atomic mass is 35.5. The molecule has 1 aromatic carbocycles. The first kappa shape index (κ1) is 13.2. The molecule has 0 unspecified atom stereocenters. The number of carbonyl (C=O) groups is 1. The van der Waals surface area contributed by atoms with Crippen LogP contribution >= 0.6 is 11.6 Å². The Kier molecular flexibility index (Phi) is 4.12. The van der Waals surface area contributed by atoms with E-state index in [1.54, 1.807) is 6.07 Å². The van der Waals surface area contributed by atoms with Crippen LogP contribution in [0.5, 0.6) is 5.75 Å². The molecule has 0 saturated heterocycles. The summed E-state index contributed by atoms with van der Waals surface area (Å²) >= 11 is 6.02. The van der Waals surface area contributed by atoms with Crippen LogP contribution in [0, 0.1) is 6.92 Å². The van der Waals surface area contributed by atoms with Crippen molar-refractivity contribution in [2.24, 2.45) is 0 Å². The molecular formula is C14H18ClNO2. The van der Waals surface area contributed by atoms with E-state index >= 15 is 0 Å². The molecule has 4 heteroatoms. The Balaban J connectivity index is 1.94. The lowest BCUT2D eigenvalue weighted by Gasteiger charge is -2.20. The van der Waals surface area contributed by atoms with Crippen molar-refractivity contribution in [3.63, 3.8) is 0 Å². The lowest BCUT2D eigenvalue weighted by molar-refractivity contribution is -0.133. The fourth-order valence-electron chi connectivity index (χ4n) is 1.97. The summed E-state index contributed by atoms with van der Waals surface area (Å²) in [6, 6.07) is 5.98. The lowest BCUT2D eigenvalue weighted by Crippen LogP contribution is -2.36. The summed E-state index contributed by atoms with van der Waals surface area (Å²) in [6.45, 7) is 4.77. The Labute approximate surface area is 113 Å². The third-order valence-electron chi connectivity index (χ3n) is 3.09. The van der Waals surface area contributed by atoms with E-state index in [2.05, 4.69) is 0 Å². The molecule has 0 bridgehead atoms. The molecule has 0 heterocycles. The first-order chi connectivity index (χ1) is 8.61. The monoisotopic (exact) mass is 267 g/mol. The summed E-state index contributed by atoms with van der Waals surface area (Å²) < 4.78 is 5.52. The molecule has 98 valence electrons. The van der Waals surface area contributed by atoms with Gasteiger partial charge in [-0.2, -0.15) is 0 Å². The smallest absolute Gasteiger partial charge is 0.260 e. The molecule has 0 aliphatic heterocycles. The highest BCUT2D eigenvalue weighted by Gasteiger charge is 2.31. The largest absolute Gasteiger partial charge is 0.482 e. The van der Waals surface area contributed by atoms with Crippen molar-refractivity contribution in [2.75, 3.05) is 13.2 Å². The van der Waals surface area contributed by atoms with Gasteiger partial charge in [0.25, 0.3) is 5.91 Å². The number of nitrogens with zero attached hydrogens (tertiary/aromatic N) is 1. The maximum Gasteiger partial charge on any atom is 0.260 e. The van der Waals surface area contributed by atoms with Gasteiger partial charge >= 0.3 is 0 Å². The number of hydrogen-bond donors (Lipinski definition) is 0. The van der Waals surface area contributed by atoms with Gasteiger partial charge < -0.3 is 9.64 Å². The van der Waals surface area contributed by atoms with Crippen LogP contribution in [0.15, 0.2) is 18.2 Å². The summed E-state index contributed by atoms with van der Waals surface area (Å²) in [7, 11) is 0. The number of amides is 1. The van der Waals surface area contributed by atoms with Crippen LogP contribution in [0.4, 0.5) is 0 Å². The van der Waals surface area contributed by atoms with E-state index in [1.807, 2.05) is 30.9 Å². The van der Waals surface area contributed by atoms with Crippen LogP contribution in [0.1, 0.15) is 25.3 Å². The normalized spacial score (nSPS) is 14.4. The topological polar surface area (TPSA) is 29.5 Å². The molecular weight excluding hydrogens is 250 g/mol. The summed E-state index contributed by atoms with van der Waals surface area (Å²) in [5, 5.41) is 0.544. The zero-order chi connectivity index (χ0) is 13.1. The van der Waals surface area contributed by atoms with Crippen LogP contribution in [0.2, 0.25) is 5.02 Å². The summed E-state index contributed by atoms with van der Waals surface area (Å²) in [5.74, 6) is 0.620. The van der Waals surface area contributed by atoms with Crippen molar-refractivity contribution in [1.82, 2.24) is 4.90 Å². The molecule has 0 radical (unpaired) electrons. The Bertz CT molecular complexity index is 443. The molecule has 2 rings (SSSR count). The minimum Gasteiger partial charge on any atom is -0.482 e. The third-order valence-corrected chi connectivity index (χ3v) is 3.40. The Morgan fingerprint density at radius 1 is 1.50 bits per heavy atom. The average Bonchev–Trinajstić information content (AvgIpc) is 3.16. The van der Waals surface area contributed by atoms with Crippen molar-refractivity contribution in [3.05, 3.63) is 28.8 Å². The second-order valence-corrected chi connectivity index (χ2v) is 5.04. The predicted molar refractivity (Wildman–Crippen MR) is 72.1 cm³/mol.